The molecule has 0 N–H and O–H groups in total. The highest BCUT2D eigenvalue weighted by Crippen LogP contribution is 2.16. The second-order valence-electron chi connectivity index (χ2n) is 6.70. The zero-order valence-electron chi connectivity index (χ0n) is 15.1. The topological polar surface area (TPSA) is 32.8 Å². The van der Waals surface area contributed by atoms with Gasteiger partial charge < -0.3 is 9.64 Å². The van der Waals surface area contributed by atoms with Gasteiger partial charge in [-0.05, 0) is 31.0 Å². The third-order valence-electron chi connectivity index (χ3n) is 4.70. The summed E-state index contributed by atoms with van der Waals surface area (Å²) < 4.78 is 5.68. The van der Waals surface area contributed by atoms with Crippen LogP contribution in [0.3, 0.4) is 0 Å². The summed E-state index contributed by atoms with van der Waals surface area (Å²) in [7, 11) is 0. The lowest BCUT2D eigenvalue weighted by Gasteiger charge is -2.34. The van der Waals surface area contributed by atoms with Crippen molar-refractivity contribution in [1.29, 1.82) is 0 Å². The van der Waals surface area contributed by atoms with Gasteiger partial charge in [0.15, 0.2) is 6.61 Å². The molecule has 0 bridgehead atoms. The summed E-state index contributed by atoms with van der Waals surface area (Å²) in [6.45, 7) is 8.50. The molecule has 0 saturated carbocycles. The first-order valence-corrected chi connectivity index (χ1v) is 8.86. The van der Waals surface area contributed by atoms with Crippen molar-refractivity contribution in [2.24, 2.45) is 0 Å². The van der Waals surface area contributed by atoms with Crippen LogP contribution < -0.4 is 4.74 Å². The summed E-state index contributed by atoms with van der Waals surface area (Å²) >= 11 is 0. The van der Waals surface area contributed by atoms with Gasteiger partial charge in [0.05, 0.1) is 0 Å². The van der Waals surface area contributed by atoms with Crippen molar-refractivity contribution >= 4 is 5.91 Å². The van der Waals surface area contributed by atoms with Gasteiger partial charge in [0, 0.05) is 32.7 Å². The van der Waals surface area contributed by atoms with E-state index in [1.165, 1.54) is 11.1 Å². The molecule has 1 amide bonds. The lowest BCUT2D eigenvalue weighted by atomic mass is 10.1. The van der Waals surface area contributed by atoms with Crippen LogP contribution in [0.25, 0.3) is 0 Å². The molecule has 1 aliphatic heterocycles. The van der Waals surface area contributed by atoms with Crippen molar-refractivity contribution in [1.82, 2.24) is 9.80 Å². The van der Waals surface area contributed by atoms with Crippen LogP contribution in [0.4, 0.5) is 0 Å². The molecule has 0 aliphatic carbocycles. The van der Waals surface area contributed by atoms with Gasteiger partial charge in [-0.1, -0.05) is 48.0 Å². The van der Waals surface area contributed by atoms with Crippen LogP contribution in [0.1, 0.15) is 16.7 Å². The Labute approximate surface area is 150 Å². The van der Waals surface area contributed by atoms with Crippen molar-refractivity contribution in [3.63, 3.8) is 0 Å². The zero-order chi connectivity index (χ0) is 17.6. The molecule has 0 radical (unpaired) electrons. The van der Waals surface area contributed by atoms with Crippen LogP contribution >= 0.6 is 0 Å². The Hall–Kier alpha value is -2.33. The number of piperazine rings is 1. The van der Waals surface area contributed by atoms with Crippen molar-refractivity contribution in [3.8, 4) is 5.75 Å². The van der Waals surface area contributed by atoms with Crippen LogP contribution in [0.2, 0.25) is 0 Å². The molecule has 0 atom stereocenters. The van der Waals surface area contributed by atoms with Gasteiger partial charge in [0.1, 0.15) is 5.75 Å². The average Bonchev–Trinajstić information content (AvgIpc) is 2.63. The standard InChI is InChI=1S/C21H26N2O2/c1-17-7-9-19(10-8-17)15-22-11-13-23(14-12-22)21(24)16-25-20-6-4-3-5-18(20)2/h3-10H,11-16H2,1-2H3. The van der Waals surface area contributed by atoms with Crippen LogP contribution in [0.15, 0.2) is 48.5 Å². The molecule has 132 valence electrons. The Morgan fingerprint density at radius 3 is 2.32 bits per heavy atom. The molecular weight excluding hydrogens is 312 g/mol. The Morgan fingerprint density at radius 2 is 1.64 bits per heavy atom. The fraction of sp³-hybridized carbons (Fsp3) is 0.381. The van der Waals surface area contributed by atoms with E-state index in [1.54, 1.807) is 0 Å². The van der Waals surface area contributed by atoms with E-state index in [9.17, 15) is 4.79 Å². The maximum atomic E-state index is 12.4. The maximum absolute atomic E-state index is 12.4. The van der Waals surface area contributed by atoms with Crippen LogP contribution in [-0.4, -0.2) is 48.5 Å². The van der Waals surface area contributed by atoms with Crippen molar-refractivity contribution < 1.29 is 9.53 Å². The molecule has 1 saturated heterocycles. The molecule has 0 spiro atoms. The number of amides is 1. The minimum absolute atomic E-state index is 0.0678. The van der Waals surface area contributed by atoms with E-state index in [4.69, 9.17) is 4.74 Å². The van der Waals surface area contributed by atoms with Crippen LogP contribution in [0, 0.1) is 13.8 Å². The molecule has 1 aliphatic rings. The van der Waals surface area contributed by atoms with E-state index >= 15 is 0 Å². The van der Waals surface area contributed by atoms with Crippen molar-refractivity contribution in [3.05, 3.63) is 65.2 Å². The first-order valence-electron chi connectivity index (χ1n) is 8.86. The number of hydrogen-bond donors (Lipinski definition) is 0. The smallest absolute Gasteiger partial charge is 0.260 e. The van der Waals surface area contributed by atoms with E-state index < -0.39 is 0 Å². The van der Waals surface area contributed by atoms with E-state index in [0.29, 0.717) is 0 Å². The summed E-state index contributed by atoms with van der Waals surface area (Å²) in [5.74, 6) is 0.854. The highest BCUT2D eigenvalue weighted by molar-refractivity contribution is 5.78. The average molecular weight is 338 g/mol. The zero-order valence-corrected chi connectivity index (χ0v) is 15.1. The highest BCUT2D eigenvalue weighted by atomic mass is 16.5. The molecule has 4 nitrogen and oxygen atoms in total. The van der Waals surface area contributed by atoms with Gasteiger partial charge in [0.25, 0.3) is 5.91 Å². The number of rotatable bonds is 5. The van der Waals surface area contributed by atoms with Crippen molar-refractivity contribution in [2.75, 3.05) is 32.8 Å². The van der Waals surface area contributed by atoms with E-state index in [2.05, 4.69) is 36.1 Å². The second-order valence-corrected chi connectivity index (χ2v) is 6.70. The fourth-order valence-electron chi connectivity index (χ4n) is 3.06. The van der Waals surface area contributed by atoms with Gasteiger partial charge in [-0.15, -0.1) is 0 Å². The maximum Gasteiger partial charge on any atom is 0.260 e. The predicted octanol–water partition coefficient (Wildman–Crippen LogP) is 3.03. The number of benzene rings is 2. The van der Waals surface area contributed by atoms with Gasteiger partial charge in [-0.25, -0.2) is 0 Å². The summed E-state index contributed by atoms with van der Waals surface area (Å²) in [5.41, 5.74) is 3.67. The van der Waals surface area contributed by atoms with Gasteiger partial charge in [-0.3, -0.25) is 9.69 Å². The summed E-state index contributed by atoms with van der Waals surface area (Å²) in [6, 6.07) is 16.5. The van der Waals surface area contributed by atoms with Crippen LogP contribution in [-0.2, 0) is 11.3 Å². The number of carbonyl (C=O) groups excluding carboxylic acids is 1. The summed E-state index contributed by atoms with van der Waals surface area (Å²) in [5, 5.41) is 0. The minimum atomic E-state index is 0.0678. The summed E-state index contributed by atoms with van der Waals surface area (Å²) in [4.78, 5) is 16.7. The third-order valence-corrected chi connectivity index (χ3v) is 4.70. The SMILES string of the molecule is Cc1ccc(CN2CCN(C(=O)COc3ccccc3C)CC2)cc1. The number of hydrogen-bond acceptors (Lipinski definition) is 3. The second kappa shape index (κ2) is 8.17. The van der Waals surface area contributed by atoms with Crippen molar-refractivity contribution in [2.45, 2.75) is 20.4 Å². The molecule has 0 aromatic heterocycles. The monoisotopic (exact) mass is 338 g/mol. The number of carbonyl (C=O) groups is 1. The normalized spacial score (nSPS) is 15.2. The first-order chi connectivity index (χ1) is 12.1. The molecule has 3 rings (SSSR count). The Morgan fingerprint density at radius 1 is 0.960 bits per heavy atom. The number of ether oxygens (including phenoxy) is 1. The Bertz CT molecular complexity index is 704. The van der Waals surface area contributed by atoms with Crippen LogP contribution in [0.5, 0.6) is 5.75 Å². The molecule has 2 aromatic rings. The molecule has 2 aromatic carbocycles. The minimum Gasteiger partial charge on any atom is -0.484 e. The fourth-order valence-corrected chi connectivity index (χ4v) is 3.06. The lowest BCUT2D eigenvalue weighted by Crippen LogP contribution is -2.49. The van der Waals surface area contributed by atoms with E-state index in [-0.39, 0.29) is 12.5 Å². The third kappa shape index (κ3) is 4.83. The molecule has 4 heteroatoms. The number of aryl methyl sites for hydroxylation is 2. The van der Waals surface area contributed by atoms with Gasteiger partial charge >= 0.3 is 0 Å². The number of para-hydroxylation sites is 1. The van der Waals surface area contributed by atoms with Gasteiger partial charge in [-0.2, -0.15) is 0 Å². The lowest BCUT2D eigenvalue weighted by molar-refractivity contribution is -0.135. The summed E-state index contributed by atoms with van der Waals surface area (Å²) in [6.07, 6.45) is 0. The first kappa shape index (κ1) is 17.5. The molecule has 1 fully saturated rings. The number of nitrogens with zero attached hydrogens (tertiary/aromatic N) is 2. The molecule has 25 heavy (non-hydrogen) atoms. The van der Waals surface area contributed by atoms with E-state index in [1.807, 2.05) is 36.1 Å². The molecule has 0 unspecified atom stereocenters. The Balaban J connectivity index is 1.44. The quantitative estimate of drug-likeness (QED) is 0.840. The Kier molecular flexibility index (Phi) is 5.71. The molecule has 1 heterocycles. The highest BCUT2D eigenvalue weighted by Gasteiger charge is 2.21. The van der Waals surface area contributed by atoms with E-state index in [0.717, 1.165) is 44.0 Å². The molecular formula is C21H26N2O2. The largest absolute Gasteiger partial charge is 0.484 e. The van der Waals surface area contributed by atoms with Gasteiger partial charge in [0.2, 0.25) is 0 Å². The predicted molar refractivity (Wildman–Crippen MR) is 99.7 cm³/mol.